The molecule has 0 saturated heterocycles. The van der Waals surface area contributed by atoms with E-state index in [0.717, 1.165) is 14.9 Å². The van der Waals surface area contributed by atoms with Gasteiger partial charge in [-0.05, 0) is 53.3 Å². The van der Waals surface area contributed by atoms with Gasteiger partial charge in [-0.15, -0.1) is 0 Å². The molecule has 13 heavy (non-hydrogen) atoms. The summed E-state index contributed by atoms with van der Waals surface area (Å²) < 4.78 is 6.18. The van der Waals surface area contributed by atoms with Crippen LogP contribution >= 0.6 is 22.6 Å². The van der Waals surface area contributed by atoms with E-state index in [1.807, 2.05) is 18.2 Å². The van der Waals surface area contributed by atoms with Gasteiger partial charge < -0.3 is 4.74 Å². The third kappa shape index (κ3) is 2.99. The quantitative estimate of drug-likeness (QED) is 0.799. The molecule has 0 fully saturated rings. The van der Waals surface area contributed by atoms with Crippen LogP contribution in [0.25, 0.3) is 0 Å². The lowest BCUT2D eigenvalue weighted by Gasteiger charge is -2.05. The van der Waals surface area contributed by atoms with Crippen LogP contribution in [0.3, 0.4) is 0 Å². The van der Waals surface area contributed by atoms with Crippen molar-refractivity contribution in [1.82, 2.24) is 0 Å². The molecule has 1 rings (SSSR count). The van der Waals surface area contributed by atoms with Crippen LogP contribution < -0.4 is 4.74 Å². The van der Waals surface area contributed by atoms with Crippen LogP contribution in [0.4, 0.5) is 0 Å². The number of hydrogen-bond donors (Lipinski definition) is 0. The fourth-order valence-electron chi connectivity index (χ4n) is 1.08. The number of ether oxygens (including phenoxy) is 1. The Labute approximate surface area is 91.4 Å². The van der Waals surface area contributed by atoms with Crippen LogP contribution in [-0.2, 0) is 11.2 Å². The first-order chi connectivity index (χ1) is 6.13. The standard InChI is InChI=1S/C10H11IO2/c1-7(12)5-8-6-9(13-2)3-4-10(8)11/h3-4,6H,5H2,1-2H3. The van der Waals surface area contributed by atoms with E-state index in [0.29, 0.717) is 6.42 Å². The summed E-state index contributed by atoms with van der Waals surface area (Å²) in [7, 11) is 1.62. The number of methoxy groups -OCH3 is 1. The van der Waals surface area contributed by atoms with Crippen molar-refractivity contribution in [1.29, 1.82) is 0 Å². The number of carbonyl (C=O) groups excluding carboxylic acids is 1. The number of ketones is 1. The number of rotatable bonds is 3. The summed E-state index contributed by atoms with van der Waals surface area (Å²) in [4.78, 5) is 10.9. The normalized spacial score (nSPS) is 9.77. The maximum atomic E-state index is 10.9. The van der Waals surface area contributed by atoms with Crippen molar-refractivity contribution in [3.8, 4) is 5.75 Å². The average Bonchev–Trinajstić information content (AvgIpc) is 2.08. The predicted molar refractivity (Wildman–Crippen MR) is 60.1 cm³/mol. The van der Waals surface area contributed by atoms with Gasteiger partial charge in [0.15, 0.2) is 0 Å². The van der Waals surface area contributed by atoms with Gasteiger partial charge in [0.05, 0.1) is 7.11 Å². The molecule has 0 aliphatic heterocycles. The van der Waals surface area contributed by atoms with Crippen molar-refractivity contribution in [3.63, 3.8) is 0 Å². The summed E-state index contributed by atoms with van der Waals surface area (Å²) in [5.41, 5.74) is 1.03. The molecule has 1 aromatic rings. The Balaban J connectivity index is 2.96. The van der Waals surface area contributed by atoms with E-state index < -0.39 is 0 Å². The number of Topliss-reactive ketones (excluding diaryl/α,β-unsaturated/α-hetero) is 1. The molecule has 0 saturated carbocycles. The minimum atomic E-state index is 0.172. The molecule has 0 aromatic heterocycles. The minimum Gasteiger partial charge on any atom is -0.497 e. The average molecular weight is 290 g/mol. The van der Waals surface area contributed by atoms with E-state index in [1.54, 1.807) is 14.0 Å². The Morgan fingerprint density at radius 2 is 2.23 bits per heavy atom. The molecule has 0 aliphatic rings. The van der Waals surface area contributed by atoms with Crippen molar-refractivity contribution in [2.75, 3.05) is 7.11 Å². The monoisotopic (exact) mass is 290 g/mol. The second-order valence-corrected chi connectivity index (χ2v) is 4.00. The fraction of sp³-hybridized carbons (Fsp3) is 0.300. The van der Waals surface area contributed by atoms with Gasteiger partial charge in [-0.1, -0.05) is 0 Å². The molecular weight excluding hydrogens is 279 g/mol. The van der Waals surface area contributed by atoms with E-state index in [2.05, 4.69) is 22.6 Å². The van der Waals surface area contributed by atoms with Crippen LogP contribution in [0.1, 0.15) is 12.5 Å². The molecule has 70 valence electrons. The smallest absolute Gasteiger partial charge is 0.134 e. The Morgan fingerprint density at radius 3 is 2.77 bits per heavy atom. The molecule has 0 heterocycles. The SMILES string of the molecule is COc1ccc(I)c(CC(C)=O)c1. The van der Waals surface area contributed by atoms with Crippen molar-refractivity contribution in [2.24, 2.45) is 0 Å². The van der Waals surface area contributed by atoms with E-state index in [9.17, 15) is 4.79 Å². The molecule has 0 spiro atoms. The Morgan fingerprint density at radius 1 is 1.54 bits per heavy atom. The van der Waals surface area contributed by atoms with Gasteiger partial charge in [-0.2, -0.15) is 0 Å². The minimum absolute atomic E-state index is 0.172. The van der Waals surface area contributed by atoms with E-state index in [4.69, 9.17) is 4.74 Å². The molecule has 0 aliphatic carbocycles. The molecule has 0 bridgehead atoms. The van der Waals surface area contributed by atoms with Crippen molar-refractivity contribution in [3.05, 3.63) is 27.3 Å². The summed E-state index contributed by atoms with van der Waals surface area (Å²) in [6.07, 6.45) is 0.482. The highest BCUT2D eigenvalue weighted by Gasteiger charge is 2.04. The molecule has 0 amide bonds. The van der Waals surface area contributed by atoms with Gasteiger partial charge in [0.25, 0.3) is 0 Å². The largest absolute Gasteiger partial charge is 0.497 e. The van der Waals surface area contributed by atoms with Crippen LogP contribution in [-0.4, -0.2) is 12.9 Å². The van der Waals surface area contributed by atoms with Crippen LogP contribution in [0, 0.1) is 3.57 Å². The molecule has 0 radical (unpaired) electrons. The van der Waals surface area contributed by atoms with Gasteiger partial charge in [0.2, 0.25) is 0 Å². The Hall–Kier alpha value is -0.580. The zero-order chi connectivity index (χ0) is 9.84. The summed E-state index contributed by atoms with van der Waals surface area (Å²) >= 11 is 2.22. The highest BCUT2D eigenvalue weighted by molar-refractivity contribution is 14.1. The van der Waals surface area contributed by atoms with E-state index >= 15 is 0 Å². The van der Waals surface area contributed by atoms with E-state index in [-0.39, 0.29) is 5.78 Å². The third-order valence-electron chi connectivity index (χ3n) is 1.69. The summed E-state index contributed by atoms with van der Waals surface area (Å²) in [6, 6.07) is 5.76. The lowest BCUT2D eigenvalue weighted by Crippen LogP contribution is -1.99. The Kier molecular flexibility index (Phi) is 3.71. The van der Waals surface area contributed by atoms with Crippen LogP contribution in [0.15, 0.2) is 18.2 Å². The lowest BCUT2D eigenvalue weighted by atomic mass is 10.1. The summed E-state index contributed by atoms with van der Waals surface area (Å²) in [5, 5.41) is 0. The first kappa shape index (κ1) is 10.5. The maximum Gasteiger partial charge on any atom is 0.134 e. The lowest BCUT2D eigenvalue weighted by molar-refractivity contribution is -0.116. The first-order valence-corrected chi connectivity index (χ1v) is 5.03. The predicted octanol–water partition coefficient (Wildman–Crippen LogP) is 2.43. The van der Waals surface area contributed by atoms with Gasteiger partial charge in [-0.3, -0.25) is 4.79 Å². The van der Waals surface area contributed by atoms with Gasteiger partial charge in [-0.25, -0.2) is 0 Å². The topological polar surface area (TPSA) is 26.3 Å². The molecule has 2 nitrogen and oxygen atoms in total. The molecule has 3 heteroatoms. The zero-order valence-corrected chi connectivity index (χ0v) is 9.79. The van der Waals surface area contributed by atoms with Gasteiger partial charge in [0, 0.05) is 9.99 Å². The van der Waals surface area contributed by atoms with Crippen LogP contribution in [0.5, 0.6) is 5.75 Å². The van der Waals surface area contributed by atoms with Crippen molar-refractivity contribution < 1.29 is 9.53 Å². The molecule has 0 atom stereocenters. The second kappa shape index (κ2) is 4.60. The summed E-state index contributed by atoms with van der Waals surface area (Å²) in [6.45, 7) is 1.59. The Bertz CT molecular complexity index is 321. The highest BCUT2D eigenvalue weighted by Crippen LogP contribution is 2.19. The maximum absolute atomic E-state index is 10.9. The highest BCUT2D eigenvalue weighted by atomic mass is 127. The van der Waals surface area contributed by atoms with Crippen molar-refractivity contribution >= 4 is 28.4 Å². The molecule has 1 aromatic carbocycles. The fourth-order valence-corrected chi connectivity index (χ4v) is 1.61. The van der Waals surface area contributed by atoms with Gasteiger partial charge >= 0.3 is 0 Å². The van der Waals surface area contributed by atoms with E-state index in [1.165, 1.54) is 0 Å². The van der Waals surface area contributed by atoms with Crippen molar-refractivity contribution in [2.45, 2.75) is 13.3 Å². The second-order valence-electron chi connectivity index (χ2n) is 2.84. The van der Waals surface area contributed by atoms with Gasteiger partial charge in [0.1, 0.15) is 11.5 Å². The number of benzene rings is 1. The third-order valence-corrected chi connectivity index (χ3v) is 2.74. The molecular formula is C10H11IO2. The zero-order valence-electron chi connectivity index (χ0n) is 7.63. The molecule has 0 unspecified atom stereocenters. The number of hydrogen-bond acceptors (Lipinski definition) is 2. The molecule has 0 N–H and O–H groups in total. The number of carbonyl (C=O) groups is 1. The van der Waals surface area contributed by atoms with Crippen LogP contribution in [0.2, 0.25) is 0 Å². The number of halogens is 1. The summed E-state index contributed by atoms with van der Waals surface area (Å²) in [5.74, 6) is 0.975. The first-order valence-electron chi connectivity index (χ1n) is 3.95.